The van der Waals surface area contributed by atoms with Crippen LogP contribution in [0.15, 0.2) is 88.7 Å². The number of sulfonamides is 2. The Labute approximate surface area is 188 Å². The first-order valence-corrected chi connectivity index (χ1v) is 13.0. The van der Waals surface area contributed by atoms with Gasteiger partial charge in [-0.2, -0.15) is 0 Å². The molecule has 0 aliphatic carbocycles. The van der Waals surface area contributed by atoms with Crippen molar-refractivity contribution in [2.75, 3.05) is 0 Å². The zero-order valence-electron chi connectivity index (χ0n) is 17.7. The molecule has 0 spiro atoms. The normalized spacial score (nSPS) is 20.5. The van der Waals surface area contributed by atoms with Gasteiger partial charge in [0.2, 0.25) is 0 Å². The van der Waals surface area contributed by atoms with Crippen molar-refractivity contribution >= 4 is 20.0 Å². The minimum absolute atomic E-state index is 0.0535. The minimum Gasteiger partial charge on any atom is -0.376 e. The van der Waals surface area contributed by atoms with Gasteiger partial charge in [-0.1, -0.05) is 70.1 Å². The van der Waals surface area contributed by atoms with Gasteiger partial charge in [-0.25, -0.2) is 16.8 Å². The number of aliphatic hydroxyl groups is 1. The Bertz CT molecular complexity index is 1310. The van der Waals surface area contributed by atoms with Crippen molar-refractivity contribution in [2.45, 2.75) is 42.3 Å². The summed E-state index contributed by atoms with van der Waals surface area (Å²) in [6.45, 7) is 3.65. The maximum atomic E-state index is 13.7. The summed E-state index contributed by atoms with van der Waals surface area (Å²) in [6, 6.07) is 20.1. The molecular weight excluding hydrogens is 448 g/mol. The Hall–Kier alpha value is -2.56. The van der Waals surface area contributed by atoms with Crippen molar-refractivity contribution in [3.63, 3.8) is 0 Å². The van der Waals surface area contributed by atoms with Gasteiger partial charge in [-0.05, 0) is 43.7 Å². The van der Waals surface area contributed by atoms with E-state index in [0.29, 0.717) is 9.98 Å². The van der Waals surface area contributed by atoms with Crippen LogP contribution in [0.1, 0.15) is 29.2 Å². The van der Waals surface area contributed by atoms with Crippen LogP contribution in [-0.4, -0.2) is 37.0 Å². The number of nitrogens with zero attached hydrogens (tertiary/aromatic N) is 2. The standard InChI is InChI=1S/C23H24N2O5S2/c1-17-8-12-20(13-9-17)31(27,28)24-22(19-6-4-3-5-7-19)16-23(26)25(24)32(29,30)21-14-10-18(2)11-15-21/h3-15,22-23,26H,16H2,1-2H3/t22-,23+/m0/s1. The zero-order valence-corrected chi connectivity index (χ0v) is 19.3. The van der Waals surface area contributed by atoms with Gasteiger partial charge < -0.3 is 5.11 Å². The number of aryl methyl sites for hydroxylation is 2. The van der Waals surface area contributed by atoms with Crippen molar-refractivity contribution in [3.8, 4) is 0 Å². The summed E-state index contributed by atoms with van der Waals surface area (Å²) in [5.74, 6) is 0. The molecule has 1 heterocycles. The molecule has 4 rings (SSSR count). The highest BCUT2D eigenvalue weighted by Gasteiger charge is 2.52. The van der Waals surface area contributed by atoms with Crippen LogP contribution in [-0.2, 0) is 20.0 Å². The summed E-state index contributed by atoms with van der Waals surface area (Å²) in [5.41, 5.74) is 2.32. The third-order valence-corrected chi connectivity index (χ3v) is 9.14. The molecular formula is C23H24N2O5S2. The quantitative estimate of drug-likeness (QED) is 0.614. The average Bonchev–Trinajstić information content (AvgIpc) is 3.14. The molecule has 0 radical (unpaired) electrons. The fourth-order valence-electron chi connectivity index (χ4n) is 3.76. The molecule has 0 unspecified atom stereocenters. The van der Waals surface area contributed by atoms with Gasteiger partial charge in [-0.3, -0.25) is 0 Å². The summed E-state index contributed by atoms with van der Waals surface area (Å²) in [4.78, 5) is -0.151. The van der Waals surface area contributed by atoms with Crippen molar-refractivity contribution < 1.29 is 21.9 Å². The van der Waals surface area contributed by atoms with Gasteiger partial charge in [0, 0.05) is 6.42 Å². The average molecular weight is 473 g/mol. The lowest BCUT2D eigenvalue weighted by atomic mass is 10.1. The highest BCUT2D eigenvalue weighted by molar-refractivity contribution is 7.92. The van der Waals surface area contributed by atoms with Crippen LogP contribution in [0.25, 0.3) is 0 Å². The Kier molecular flexibility index (Phi) is 5.95. The predicted molar refractivity (Wildman–Crippen MR) is 120 cm³/mol. The molecule has 7 nitrogen and oxygen atoms in total. The first-order valence-electron chi connectivity index (χ1n) is 10.1. The molecule has 0 aromatic heterocycles. The maximum absolute atomic E-state index is 13.7. The molecule has 2 atom stereocenters. The van der Waals surface area contributed by atoms with Crippen LogP contribution in [0.4, 0.5) is 0 Å². The smallest absolute Gasteiger partial charge is 0.259 e. The molecule has 1 aliphatic heterocycles. The van der Waals surface area contributed by atoms with E-state index < -0.39 is 32.3 Å². The molecule has 168 valence electrons. The second kappa shape index (κ2) is 8.42. The first-order chi connectivity index (χ1) is 15.1. The monoisotopic (exact) mass is 472 g/mol. The molecule has 0 amide bonds. The SMILES string of the molecule is Cc1ccc(S(=O)(=O)N2[C@H](O)C[C@@H](c3ccccc3)N2S(=O)(=O)c2ccc(C)cc2)cc1. The first kappa shape index (κ1) is 22.6. The minimum atomic E-state index is -4.36. The molecule has 0 bridgehead atoms. The van der Waals surface area contributed by atoms with Gasteiger partial charge in [0.25, 0.3) is 20.0 Å². The Morgan fingerprint density at radius 1 is 0.688 bits per heavy atom. The van der Waals surface area contributed by atoms with E-state index in [2.05, 4.69) is 0 Å². The van der Waals surface area contributed by atoms with Crippen LogP contribution in [0, 0.1) is 13.8 Å². The van der Waals surface area contributed by atoms with Crippen LogP contribution < -0.4 is 0 Å². The topological polar surface area (TPSA) is 95.0 Å². The highest BCUT2D eigenvalue weighted by Crippen LogP contribution is 2.42. The number of hydrazine groups is 1. The van der Waals surface area contributed by atoms with Crippen molar-refractivity contribution in [3.05, 3.63) is 95.6 Å². The van der Waals surface area contributed by atoms with Gasteiger partial charge >= 0.3 is 0 Å². The van der Waals surface area contributed by atoms with E-state index in [1.54, 1.807) is 54.6 Å². The second-order valence-electron chi connectivity index (χ2n) is 7.82. The Morgan fingerprint density at radius 3 is 1.59 bits per heavy atom. The molecule has 3 aromatic carbocycles. The number of hydrogen-bond donors (Lipinski definition) is 1. The number of aliphatic hydroxyl groups excluding tert-OH is 1. The zero-order chi connectivity index (χ0) is 23.1. The maximum Gasteiger partial charge on any atom is 0.259 e. The third kappa shape index (κ3) is 3.98. The number of benzene rings is 3. The number of rotatable bonds is 5. The van der Waals surface area contributed by atoms with E-state index in [1.807, 2.05) is 13.8 Å². The van der Waals surface area contributed by atoms with Gasteiger partial charge in [0.15, 0.2) is 0 Å². The lowest BCUT2D eigenvalue weighted by Gasteiger charge is -2.31. The second-order valence-corrected chi connectivity index (χ2v) is 11.4. The van der Waals surface area contributed by atoms with E-state index in [4.69, 9.17) is 0 Å². The Morgan fingerprint density at radius 2 is 1.12 bits per heavy atom. The molecule has 1 saturated heterocycles. The molecule has 9 heteroatoms. The van der Waals surface area contributed by atoms with E-state index in [0.717, 1.165) is 15.5 Å². The molecule has 1 aliphatic rings. The summed E-state index contributed by atoms with van der Waals surface area (Å²) in [7, 11) is -8.68. The molecule has 1 N–H and O–H groups in total. The lowest BCUT2D eigenvalue weighted by Crippen LogP contribution is -2.48. The molecule has 32 heavy (non-hydrogen) atoms. The van der Waals surface area contributed by atoms with Crippen molar-refractivity contribution in [2.24, 2.45) is 0 Å². The number of hydrogen-bond acceptors (Lipinski definition) is 5. The molecule has 3 aromatic rings. The lowest BCUT2D eigenvalue weighted by molar-refractivity contribution is 0.0316. The highest BCUT2D eigenvalue weighted by atomic mass is 32.2. The fraction of sp³-hybridized carbons (Fsp3) is 0.217. The third-order valence-electron chi connectivity index (χ3n) is 5.46. The van der Waals surface area contributed by atoms with Crippen LogP contribution in [0.5, 0.6) is 0 Å². The Balaban J connectivity index is 1.89. The van der Waals surface area contributed by atoms with E-state index in [-0.39, 0.29) is 16.2 Å². The van der Waals surface area contributed by atoms with Crippen LogP contribution >= 0.6 is 0 Å². The largest absolute Gasteiger partial charge is 0.376 e. The summed E-state index contributed by atoms with van der Waals surface area (Å²) in [5, 5.41) is 10.8. The van der Waals surface area contributed by atoms with Crippen molar-refractivity contribution in [1.82, 2.24) is 8.83 Å². The predicted octanol–water partition coefficient (Wildman–Crippen LogP) is 3.36. The van der Waals surface area contributed by atoms with Crippen molar-refractivity contribution in [1.29, 1.82) is 0 Å². The van der Waals surface area contributed by atoms with Crippen LogP contribution in [0.2, 0.25) is 0 Å². The van der Waals surface area contributed by atoms with Gasteiger partial charge in [-0.15, -0.1) is 4.41 Å². The molecule has 1 fully saturated rings. The van der Waals surface area contributed by atoms with Gasteiger partial charge in [0.1, 0.15) is 6.23 Å². The van der Waals surface area contributed by atoms with E-state index in [9.17, 15) is 21.9 Å². The summed E-state index contributed by atoms with van der Waals surface area (Å²) >= 11 is 0. The van der Waals surface area contributed by atoms with Gasteiger partial charge in [0.05, 0.1) is 15.8 Å². The summed E-state index contributed by atoms with van der Waals surface area (Å²) in [6.07, 6.45) is -1.65. The van der Waals surface area contributed by atoms with E-state index in [1.165, 1.54) is 24.3 Å². The summed E-state index contributed by atoms with van der Waals surface area (Å²) < 4.78 is 55.9. The van der Waals surface area contributed by atoms with E-state index >= 15 is 0 Å². The molecule has 0 saturated carbocycles. The fourth-order valence-corrected chi connectivity index (χ4v) is 7.28. The van der Waals surface area contributed by atoms with Crippen LogP contribution in [0.3, 0.4) is 0 Å².